The van der Waals surface area contributed by atoms with Gasteiger partial charge in [-0.2, -0.15) is 0 Å². The smallest absolute Gasteiger partial charge is 0.278 e. The maximum Gasteiger partial charge on any atom is 0.278 e. The average Bonchev–Trinajstić information content (AvgIpc) is 3.13. The number of hydrogen-bond donors (Lipinski definition) is 1. The van der Waals surface area contributed by atoms with Crippen LogP contribution in [-0.2, 0) is 12.8 Å². The summed E-state index contributed by atoms with van der Waals surface area (Å²) in [5, 5.41) is 9.40. The fourth-order valence-corrected chi connectivity index (χ4v) is 3.73. The molecule has 2 heterocycles. The zero-order valence-electron chi connectivity index (χ0n) is 11.4. The maximum atomic E-state index is 12.4. The minimum absolute atomic E-state index is 0.272. The van der Waals surface area contributed by atoms with Crippen LogP contribution >= 0.6 is 22.9 Å². The predicted octanol–water partition coefficient (Wildman–Crippen LogP) is 4.41. The number of carbonyl (C=O) groups excluding carboxylic acids is 1. The van der Waals surface area contributed by atoms with Crippen LogP contribution in [0.5, 0.6) is 0 Å². The highest BCUT2D eigenvalue weighted by molar-refractivity contribution is 7.10. The van der Waals surface area contributed by atoms with Gasteiger partial charge < -0.3 is 9.84 Å². The second-order valence-corrected chi connectivity index (χ2v) is 6.50. The molecule has 22 heavy (non-hydrogen) atoms. The first-order chi connectivity index (χ1) is 10.7. The fraction of sp³-hybridized carbons (Fsp3) is 0.125. The van der Waals surface area contributed by atoms with Crippen LogP contribution in [0, 0.1) is 0 Å². The number of halogens is 1. The Morgan fingerprint density at radius 3 is 3.09 bits per heavy atom. The molecule has 3 aromatic rings. The van der Waals surface area contributed by atoms with Gasteiger partial charge in [-0.15, -0.1) is 11.3 Å². The van der Waals surface area contributed by atoms with Gasteiger partial charge in [0.25, 0.3) is 5.91 Å². The van der Waals surface area contributed by atoms with E-state index >= 15 is 0 Å². The lowest BCUT2D eigenvalue weighted by Crippen LogP contribution is -2.15. The van der Waals surface area contributed by atoms with Gasteiger partial charge in [0.1, 0.15) is 0 Å². The maximum absolute atomic E-state index is 12.4. The van der Waals surface area contributed by atoms with Crippen LogP contribution in [-0.4, -0.2) is 11.1 Å². The minimum Gasteiger partial charge on any atom is -0.355 e. The van der Waals surface area contributed by atoms with E-state index in [9.17, 15) is 4.79 Å². The van der Waals surface area contributed by atoms with Crippen molar-refractivity contribution in [3.8, 4) is 11.3 Å². The molecular weight excluding hydrogens is 320 g/mol. The number of thiophene rings is 1. The molecule has 1 aliphatic rings. The van der Waals surface area contributed by atoms with Gasteiger partial charge in [0.05, 0.1) is 0 Å². The molecule has 4 rings (SSSR count). The summed E-state index contributed by atoms with van der Waals surface area (Å²) in [4.78, 5) is 13.7. The number of rotatable bonds is 2. The van der Waals surface area contributed by atoms with Crippen molar-refractivity contribution in [3.05, 3.63) is 56.9 Å². The number of carbonyl (C=O) groups is 1. The lowest BCUT2D eigenvalue weighted by atomic mass is 9.95. The van der Waals surface area contributed by atoms with Crippen LogP contribution in [0.4, 0.5) is 5.69 Å². The third-order valence-corrected chi connectivity index (χ3v) is 4.89. The Bertz CT molecular complexity index is 869. The van der Waals surface area contributed by atoms with Crippen molar-refractivity contribution in [1.29, 1.82) is 0 Å². The minimum atomic E-state index is -0.272. The summed E-state index contributed by atoms with van der Waals surface area (Å²) in [6, 6.07) is 9.04. The van der Waals surface area contributed by atoms with Gasteiger partial charge in [0.15, 0.2) is 11.5 Å². The van der Waals surface area contributed by atoms with Crippen LogP contribution in [0.3, 0.4) is 0 Å². The van der Waals surface area contributed by atoms with Crippen LogP contribution in [0.25, 0.3) is 11.3 Å². The summed E-state index contributed by atoms with van der Waals surface area (Å²) < 4.78 is 5.42. The number of nitrogens with one attached hydrogen (secondary N) is 1. The lowest BCUT2D eigenvalue weighted by Gasteiger charge is -2.10. The molecule has 0 atom stereocenters. The van der Waals surface area contributed by atoms with Crippen molar-refractivity contribution < 1.29 is 9.32 Å². The highest BCUT2D eigenvalue weighted by atomic mass is 35.5. The summed E-state index contributed by atoms with van der Waals surface area (Å²) in [6.07, 6.45) is 1.68. The van der Waals surface area contributed by atoms with Crippen molar-refractivity contribution in [1.82, 2.24) is 5.16 Å². The van der Waals surface area contributed by atoms with Crippen molar-refractivity contribution in [2.24, 2.45) is 0 Å². The van der Waals surface area contributed by atoms with Crippen LogP contribution < -0.4 is 5.32 Å². The van der Waals surface area contributed by atoms with Gasteiger partial charge in [-0.25, -0.2) is 0 Å². The Hall–Kier alpha value is -2.11. The molecule has 0 saturated heterocycles. The molecule has 1 amide bonds. The Balaban J connectivity index is 1.66. The molecule has 4 nitrogen and oxygen atoms in total. The van der Waals surface area contributed by atoms with Crippen LogP contribution in [0.2, 0.25) is 5.02 Å². The Labute approximate surface area is 135 Å². The zero-order chi connectivity index (χ0) is 15.1. The standard InChI is InChI=1S/C16H11ClN2O2S/c17-9-2-1-3-10(8-9)18-16(20)14-12-4-5-13-11(6-7-22-13)15(12)21-19-14/h1-3,6-8H,4-5H2,(H,18,20). The van der Waals surface area contributed by atoms with E-state index in [1.807, 2.05) is 11.4 Å². The van der Waals surface area contributed by atoms with Gasteiger partial charge in [-0.05, 0) is 42.5 Å². The molecule has 6 heteroatoms. The van der Waals surface area contributed by atoms with Crippen LogP contribution in [0.1, 0.15) is 20.9 Å². The number of nitrogens with zero attached hydrogens (tertiary/aromatic N) is 1. The van der Waals surface area contributed by atoms with Crippen molar-refractivity contribution in [2.75, 3.05) is 5.32 Å². The topological polar surface area (TPSA) is 55.1 Å². The second kappa shape index (κ2) is 5.26. The number of benzene rings is 1. The van der Waals surface area contributed by atoms with E-state index in [2.05, 4.69) is 10.5 Å². The van der Waals surface area contributed by atoms with Gasteiger partial charge in [-0.1, -0.05) is 22.8 Å². The molecule has 0 fully saturated rings. The molecule has 0 aliphatic heterocycles. The third kappa shape index (κ3) is 2.23. The highest BCUT2D eigenvalue weighted by Crippen LogP contribution is 2.38. The van der Waals surface area contributed by atoms with Crippen molar-refractivity contribution >= 4 is 34.5 Å². The number of anilines is 1. The second-order valence-electron chi connectivity index (χ2n) is 5.06. The fourth-order valence-electron chi connectivity index (χ4n) is 2.66. The number of aryl methyl sites for hydroxylation is 1. The first-order valence-corrected chi connectivity index (χ1v) is 8.10. The van der Waals surface area contributed by atoms with Gasteiger partial charge >= 0.3 is 0 Å². The van der Waals surface area contributed by atoms with E-state index in [-0.39, 0.29) is 5.91 Å². The Kier molecular flexibility index (Phi) is 3.24. The van der Waals surface area contributed by atoms with E-state index in [1.165, 1.54) is 4.88 Å². The van der Waals surface area contributed by atoms with E-state index in [4.69, 9.17) is 16.1 Å². The molecule has 0 radical (unpaired) electrons. The lowest BCUT2D eigenvalue weighted by molar-refractivity contribution is 0.101. The normalized spacial score (nSPS) is 12.6. The molecule has 2 aromatic heterocycles. The molecule has 1 aromatic carbocycles. The van der Waals surface area contributed by atoms with E-state index in [0.717, 1.165) is 29.7 Å². The number of amides is 1. The first-order valence-electron chi connectivity index (χ1n) is 6.84. The van der Waals surface area contributed by atoms with Gasteiger partial charge in [0.2, 0.25) is 0 Å². The van der Waals surface area contributed by atoms with Crippen molar-refractivity contribution in [3.63, 3.8) is 0 Å². The van der Waals surface area contributed by atoms with Gasteiger partial charge in [-0.3, -0.25) is 4.79 Å². The van der Waals surface area contributed by atoms with Gasteiger partial charge in [0, 0.05) is 26.7 Å². The molecule has 0 saturated carbocycles. The number of aromatic nitrogens is 1. The predicted molar refractivity (Wildman–Crippen MR) is 86.6 cm³/mol. The number of hydrogen-bond acceptors (Lipinski definition) is 4. The summed E-state index contributed by atoms with van der Waals surface area (Å²) in [7, 11) is 0. The number of fused-ring (bicyclic) bond motifs is 3. The highest BCUT2D eigenvalue weighted by Gasteiger charge is 2.28. The quantitative estimate of drug-likeness (QED) is 0.757. The third-order valence-electron chi connectivity index (χ3n) is 3.68. The summed E-state index contributed by atoms with van der Waals surface area (Å²) in [6.45, 7) is 0. The molecular formula is C16H11ClN2O2S. The largest absolute Gasteiger partial charge is 0.355 e. The Morgan fingerprint density at radius 1 is 1.32 bits per heavy atom. The molecule has 110 valence electrons. The first kappa shape index (κ1) is 13.5. The molecule has 1 N–H and O–H groups in total. The van der Waals surface area contributed by atoms with E-state index < -0.39 is 0 Å². The summed E-state index contributed by atoms with van der Waals surface area (Å²) in [5.74, 6) is 0.449. The molecule has 0 unspecified atom stereocenters. The van der Waals surface area contributed by atoms with Crippen molar-refractivity contribution in [2.45, 2.75) is 12.8 Å². The monoisotopic (exact) mass is 330 g/mol. The van der Waals surface area contributed by atoms with E-state index in [1.54, 1.807) is 35.6 Å². The average molecular weight is 331 g/mol. The Morgan fingerprint density at radius 2 is 2.23 bits per heavy atom. The molecule has 0 spiro atoms. The SMILES string of the molecule is O=C(Nc1cccc(Cl)c1)c1noc2c1CCc1sccc1-2. The summed E-state index contributed by atoms with van der Waals surface area (Å²) in [5.41, 5.74) is 2.93. The summed E-state index contributed by atoms with van der Waals surface area (Å²) >= 11 is 7.64. The zero-order valence-corrected chi connectivity index (χ0v) is 13.0. The van der Waals surface area contributed by atoms with E-state index in [0.29, 0.717) is 16.4 Å². The molecule has 1 aliphatic carbocycles. The molecule has 0 bridgehead atoms. The van der Waals surface area contributed by atoms with Crippen LogP contribution in [0.15, 0.2) is 40.2 Å².